The molecule has 2 aliphatic carbocycles. The summed E-state index contributed by atoms with van der Waals surface area (Å²) in [6.45, 7) is 4.33. The zero-order valence-electron chi connectivity index (χ0n) is 22.2. The number of hydrogen-bond donors (Lipinski definition) is 3. The van der Waals surface area contributed by atoms with Crippen molar-refractivity contribution in [2.45, 2.75) is 102 Å². The van der Waals surface area contributed by atoms with Crippen LogP contribution in [0, 0.1) is 0 Å². The van der Waals surface area contributed by atoms with E-state index in [1.165, 1.54) is 11.1 Å². The molecule has 4 N–H and O–H groups in total. The van der Waals surface area contributed by atoms with Crippen LogP contribution in [-0.4, -0.2) is 24.0 Å². The fraction of sp³-hybridized carbons (Fsp3) is 0.516. The summed E-state index contributed by atoms with van der Waals surface area (Å²) in [6.07, 6.45) is 11.8. The predicted molar refractivity (Wildman–Crippen MR) is 158 cm³/mol. The van der Waals surface area contributed by atoms with Gasteiger partial charge in [-0.3, -0.25) is 4.79 Å². The Morgan fingerprint density at radius 2 is 1.84 bits per heavy atom. The average Bonchev–Trinajstić information content (AvgIpc) is 3.68. The predicted octanol–water partition coefficient (Wildman–Crippen LogP) is 6.97. The third-order valence-electron chi connectivity index (χ3n) is 7.89. The third-order valence-corrected chi connectivity index (χ3v) is 8.65. The van der Waals surface area contributed by atoms with Crippen LogP contribution in [0.5, 0.6) is 0 Å². The fourth-order valence-corrected chi connectivity index (χ4v) is 6.12. The molecule has 4 rings (SSSR count). The summed E-state index contributed by atoms with van der Waals surface area (Å²) < 4.78 is 1.06. The summed E-state index contributed by atoms with van der Waals surface area (Å²) in [7, 11) is 0. The highest BCUT2D eigenvalue weighted by atomic mass is 79.9. The summed E-state index contributed by atoms with van der Waals surface area (Å²) in [6, 6.07) is 15.0. The highest BCUT2D eigenvalue weighted by Crippen LogP contribution is 2.50. The van der Waals surface area contributed by atoms with Crippen molar-refractivity contribution < 1.29 is 4.79 Å². The highest BCUT2D eigenvalue weighted by molar-refractivity contribution is 9.10. The van der Waals surface area contributed by atoms with E-state index in [0.29, 0.717) is 12.1 Å². The monoisotopic (exact) mass is 585 g/mol. The van der Waals surface area contributed by atoms with Crippen LogP contribution in [0.15, 0.2) is 58.7 Å². The lowest BCUT2D eigenvalue weighted by Crippen LogP contribution is -2.48. The molecule has 0 aliphatic heterocycles. The zero-order valence-corrected chi connectivity index (χ0v) is 24.5. The first-order valence-electron chi connectivity index (χ1n) is 13.9. The van der Waals surface area contributed by atoms with Gasteiger partial charge in [0.1, 0.15) is 0 Å². The van der Waals surface area contributed by atoms with Gasteiger partial charge in [-0.15, -0.1) is 0 Å². The molecule has 2 aliphatic rings. The van der Waals surface area contributed by atoms with Gasteiger partial charge in [0.2, 0.25) is 5.91 Å². The molecule has 0 spiro atoms. The number of aryl methyl sites for hydroxylation is 1. The molecule has 0 radical (unpaired) electrons. The number of nitrogens with two attached hydrogens (primary N) is 1. The summed E-state index contributed by atoms with van der Waals surface area (Å²) in [4.78, 5) is 14.0. The maximum atomic E-state index is 14.0. The van der Waals surface area contributed by atoms with Crippen LogP contribution in [-0.2, 0) is 23.1 Å². The van der Waals surface area contributed by atoms with Crippen LogP contribution in [0.3, 0.4) is 0 Å². The van der Waals surface area contributed by atoms with Crippen molar-refractivity contribution in [2.75, 3.05) is 0 Å². The molecule has 37 heavy (non-hydrogen) atoms. The van der Waals surface area contributed by atoms with Gasteiger partial charge in [-0.05, 0) is 98.7 Å². The number of halogens is 2. The van der Waals surface area contributed by atoms with Crippen molar-refractivity contribution in [3.05, 3.63) is 80.4 Å². The molecular weight excluding hydrogens is 546 g/mol. The summed E-state index contributed by atoms with van der Waals surface area (Å²) in [5, 5.41) is 8.08. The van der Waals surface area contributed by atoms with Gasteiger partial charge in [-0.25, -0.2) is 0 Å². The first-order valence-corrected chi connectivity index (χ1v) is 15.1. The van der Waals surface area contributed by atoms with Gasteiger partial charge in [0, 0.05) is 27.3 Å². The second kappa shape index (κ2) is 12.8. The average molecular weight is 587 g/mol. The SMILES string of the molecule is CC/C=C(\NC1CCC(N)CC1)[C@H](Cc1ccc(Br)cc1)NC(=O)C1(c2ccc(Cl)cc2CCC)CC1. The van der Waals surface area contributed by atoms with Crippen LogP contribution >= 0.6 is 27.5 Å². The normalized spacial score (nSPS) is 21.8. The van der Waals surface area contributed by atoms with Crippen LogP contribution in [0.1, 0.15) is 81.9 Å². The molecule has 0 bridgehead atoms. The van der Waals surface area contributed by atoms with E-state index >= 15 is 0 Å². The lowest BCUT2D eigenvalue weighted by molar-refractivity contribution is -0.124. The van der Waals surface area contributed by atoms with Crippen molar-refractivity contribution in [1.82, 2.24) is 10.6 Å². The number of benzene rings is 2. The smallest absolute Gasteiger partial charge is 0.231 e. The van der Waals surface area contributed by atoms with Crippen LogP contribution in [0.2, 0.25) is 5.02 Å². The second-order valence-electron chi connectivity index (χ2n) is 10.8. The Morgan fingerprint density at radius 3 is 2.46 bits per heavy atom. The van der Waals surface area contributed by atoms with Gasteiger partial charge in [-0.2, -0.15) is 0 Å². The van der Waals surface area contributed by atoms with Crippen molar-refractivity contribution in [3.63, 3.8) is 0 Å². The minimum atomic E-state index is -0.456. The van der Waals surface area contributed by atoms with Crippen molar-refractivity contribution in [1.29, 1.82) is 0 Å². The topological polar surface area (TPSA) is 67.2 Å². The largest absolute Gasteiger partial charge is 0.384 e. The standard InChI is InChI=1S/C31H41BrClN3O/c1-3-5-22-20-24(33)11-16-27(22)31(17-18-31)30(37)36-29(19-21-7-9-23(32)10-8-21)28(6-4-2)35-26-14-12-25(34)13-15-26/h6-11,16,20,25-26,29,35H,3-5,12-15,17-19,34H2,1-2H3,(H,36,37)/b28-6-/t25?,26?,29-/m0/s1. The first-order chi connectivity index (χ1) is 17.8. The number of carbonyl (C=O) groups is 1. The van der Waals surface area contributed by atoms with Crippen molar-refractivity contribution in [3.8, 4) is 0 Å². The molecule has 1 atom stereocenters. The molecule has 2 aromatic rings. The number of nitrogens with one attached hydrogen (secondary N) is 2. The quantitative estimate of drug-likeness (QED) is 0.266. The Balaban J connectivity index is 1.60. The van der Waals surface area contributed by atoms with E-state index in [1.807, 2.05) is 12.1 Å². The Labute approximate surface area is 235 Å². The number of hydrogen-bond acceptors (Lipinski definition) is 3. The molecule has 0 saturated heterocycles. The van der Waals surface area contributed by atoms with Gasteiger partial charge in [0.25, 0.3) is 0 Å². The molecular formula is C31H41BrClN3O. The van der Waals surface area contributed by atoms with Gasteiger partial charge >= 0.3 is 0 Å². The summed E-state index contributed by atoms with van der Waals surface area (Å²) >= 11 is 9.89. The number of carbonyl (C=O) groups excluding carboxylic acids is 1. The Hall–Kier alpha value is -1.82. The highest BCUT2D eigenvalue weighted by Gasteiger charge is 2.52. The van der Waals surface area contributed by atoms with E-state index < -0.39 is 5.41 Å². The lowest BCUT2D eigenvalue weighted by Gasteiger charge is -2.33. The van der Waals surface area contributed by atoms with E-state index in [1.54, 1.807) is 0 Å². The minimum Gasteiger partial charge on any atom is -0.384 e. The molecule has 1 amide bonds. The molecule has 200 valence electrons. The molecule has 0 heterocycles. The number of rotatable bonds is 11. The van der Waals surface area contributed by atoms with Crippen LogP contribution < -0.4 is 16.4 Å². The number of amides is 1. The maximum Gasteiger partial charge on any atom is 0.231 e. The van der Waals surface area contributed by atoms with Crippen LogP contribution in [0.4, 0.5) is 0 Å². The Morgan fingerprint density at radius 1 is 1.14 bits per heavy atom. The molecule has 2 fully saturated rings. The summed E-state index contributed by atoms with van der Waals surface area (Å²) in [5.41, 5.74) is 10.4. The van der Waals surface area contributed by atoms with E-state index in [0.717, 1.165) is 85.0 Å². The lowest BCUT2D eigenvalue weighted by atomic mass is 9.88. The fourth-order valence-electron chi connectivity index (χ4n) is 5.66. The van der Waals surface area contributed by atoms with Crippen LogP contribution in [0.25, 0.3) is 0 Å². The summed E-state index contributed by atoms with van der Waals surface area (Å²) in [5.74, 6) is 0.128. The van der Waals surface area contributed by atoms with Gasteiger partial charge in [0.05, 0.1) is 11.5 Å². The van der Waals surface area contributed by atoms with E-state index in [4.69, 9.17) is 17.3 Å². The van der Waals surface area contributed by atoms with Gasteiger partial charge < -0.3 is 16.4 Å². The molecule has 6 heteroatoms. The zero-order chi connectivity index (χ0) is 26.4. The van der Waals surface area contributed by atoms with Gasteiger partial charge in [0.15, 0.2) is 0 Å². The molecule has 0 aromatic heterocycles. The van der Waals surface area contributed by atoms with E-state index in [2.05, 4.69) is 76.8 Å². The molecule has 2 saturated carbocycles. The maximum absolute atomic E-state index is 14.0. The van der Waals surface area contributed by atoms with E-state index in [-0.39, 0.29) is 11.9 Å². The third kappa shape index (κ3) is 7.19. The van der Waals surface area contributed by atoms with Crippen molar-refractivity contribution >= 4 is 33.4 Å². The van der Waals surface area contributed by atoms with Gasteiger partial charge in [-0.1, -0.05) is 72.1 Å². The number of allylic oxidation sites excluding steroid dienone is 1. The van der Waals surface area contributed by atoms with E-state index in [9.17, 15) is 4.79 Å². The Kier molecular flexibility index (Phi) is 9.77. The second-order valence-corrected chi connectivity index (χ2v) is 12.2. The Bertz CT molecular complexity index is 1090. The first kappa shape index (κ1) is 28.2. The molecule has 4 nitrogen and oxygen atoms in total. The molecule has 2 aromatic carbocycles. The minimum absolute atomic E-state index is 0.122. The van der Waals surface area contributed by atoms with Crippen molar-refractivity contribution in [2.24, 2.45) is 5.73 Å². The molecule has 0 unspecified atom stereocenters.